The molecule has 0 aromatic heterocycles. The molecular formula is C22H36F3N3O5S. The second-order valence-corrected chi connectivity index (χ2v) is 12.9. The number of likely N-dealkylation sites (tertiary alicyclic amines) is 2. The highest BCUT2D eigenvalue weighted by Gasteiger charge is 2.59. The molecule has 3 aliphatic heterocycles. The van der Waals surface area contributed by atoms with Crippen LogP contribution in [-0.2, 0) is 19.6 Å². The van der Waals surface area contributed by atoms with E-state index in [1.165, 1.54) is 0 Å². The van der Waals surface area contributed by atoms with Gasteiger partial charge in [-0.25, -0.2) is 17.5 Å². The average Bonchev–Trinajstić information content (AvgIpc) is 3.58. The van der Waals surface area contributed by atoms with Gasteiger partial charge in [0.2, 0.25) is 15.9 Å². The fraction of sp³-hybridized carbons (Fsp3) is 0.909. The summed E-state index contributed by atoms with van der Waals surface area (Å²) in [7, 11) is -1.13. The van der Waals surface area contributed by atoms with E-state index in [-0.39, 0.29) is 16.2 Å². The van der Waals surface area contributed by atoms with E-state index in [0.717, 1.165) is 64.6 Å². The van der Waals surface area contributed by atoms with Crippen LogP contribution in [0.5, 0.6) is 0 Å². The van der Waals surface area contributed by atoms with E-state index in [4.69, 9.17) is 9.90 Å². The number of piperidine rings is 2. The van der Waals surface area contributed by atoms with Gasteiger partial charge in [-0.1, -0.05) is 13.8 Å². The van der Waals surface area contributed by atoms with Crippen LogP contribution in [0.4, 0.5) is 13.2 Å². The summed E-state index contributed by atoms with van der Waals surface area (Å²) in [5, 5.41) is 6.99. The van der Waals surface area contributed by atoms with Gasteiger partial charge >= 0.3 is 12.1 Å². The smallest absolute Gasteiger partial charge is 0.475 e. The van der Waals surface area contributed by atoms with Crippen LogP contribution in [0.1, 0.15) is 58.8 Å². The number of carbonyl (C=O) groups excluding carboxylic acids is 1. The minimum Gasteiger partial charge on any atom is -0.475 e. The second kappa shape index (κ2) is 9.57. The molecule has 2 spiro atoms. The van der Waals surface area contributed by atoms with Gasteiger partial charge in [-0.3, -0.25) is 4.79 Å². The number of nitrogens with zero attached hydrogens (tertiary/aromatic N) is 3. The minimum atomic E-state index is -5.08. The van der Waals surface area contributed by atoms with Crippen molar-refractivity contribution in [2.75, 3.05) is 39.8 Å². The van der Waals surface area contributed by atoms with Crippen LogP contribution in [-0.4, -0.2) is 96.2 Å². The van der Waals surface area contributed by atoms with Crippen molar-refractivity contribution in [3.63, 3.8) is 0 Å². The highest BCUT2D eigenvalue weighted by atomic mass is 32.2. The van der Waals surface area contributed by atoms with Gasteiger partial charge < -0.3 is 14.9 Å². The fourth-order valence-electron chi connectivity index (χ4n) is 5.71. The number of amides is 1. The molecule has 4 fully saturated rings. The van der Waals surface area contributed by atoms with Gasteiger partial charge in [-0.15, -0.1) is 0 Å². The summed E-state index contributed by atoms with van der Waals surface area (Å²) in [6, 6.07) is 0. The largest absolute Gasteiger partial charge is 0.490 e. The van der Waals surface area contributed by atoms with Crippen molar-refractivity contribution in [1.29, 1.82) is 0 Å². The average molecular weight is 512 g/mol. The summed E-state index contributed by atoms with van der Waals surface area (Å²) in [5.41, 5.74) is -0.341. The number of hydrogen-bond acceptors (Lipinski definition) is 5. The first kappa shape index (κ1) is 27.2. The van der Waals surface area contributed by atoms with Crippen LogP contribution in [0.3, 0.4) is 0 Å². The molecule has 1 N–H and O–H groups in total. The minimum absolute atomic E-state index is 0.132. The molecule has 1 aliphatic carbocycles. The topological polar surface area (TPSA) is 98.2 Å². The number of carboxylic acid groups (broad SMARTS) is 1. The Morgan fingerprint density at radius 1 is 1.09 bits per heavy atom. The summed E-state index contributed by atoms with van der Waals surface area (Å²) >= 11 is 0. The molecule has 0 aromatic rings. The van der Waals surface area contributed by atoms with E-state index in [2.05, 4.69) is 18.7 Å². The van der Waals surface area contributed by atoms with E-state index in [1.54, 1.807) is 4.31 Å². The van der Waals surface area contributed by atoms with E-state index in [0.29, 0.717) is 24.9 Å². The predicted octanol–water partition coefficient (Wildman–Crippen LogP) is 2.55. The molecule has 0 bridgehead atoms. The van der Waals surface area contributed by atoms with Crippen molar-refractivity contribution >= 4 is 21.9 Å². The first-order valence-corrected chi connectivity index (χ1v) is 13.4. The third-order valence-corrected chi connectivity index (χ3v) is 10.2. The third kappa shape index (κ3) is 5.53. The molecule has 4 rings (SSSR count). The number of rotatable bonds is 4. The van der Waals surface area contributed by atoms with Gasteiger partial charge in [-0.2, -0.15) is 13.2 Å². The zero-order valence-corrected chi connectivity index (χ0v) is 20.9. The van der Waals surface area contributed by atoms with Crippen molar-refractivity contribution in [3.8, 4) is 0 Å². The Balaban J connectivity index is 0.000000406. The molecular weight excluding hydrogens is 475 g/mol. The molecule has 0 radical (unpaired) electrons. The Morgan fingerprint density at radius 2 is 1.59 bits per heavy atom. The summed E-state index contributed by atoms with van der Waals surface area (Å²) in [5.74, 6) is -1.79. The molecule has 34 heavy (non-hydrogen) atoms. The molecule has 1 amide bonds. The Kier molecular flexibility index (Phi) is 7.65. The predicted molar refractivity (Wildman–Crippen MR) is 120 cm³/mol. The summed E-state index contributed by atoms with van der Waals surface area (Å²) in [6.45, 7) is 8.78. The fourth-order valence-corrected chi connectivity index (χ4v) is 7.56. The van der Waals surface area contributed by atoms with Crippen molar-refractivity contribution in [2.45, 2.75) is 75.8 Å². The number of aliphatic carboxylic acids is 1. The molecule has 8 nitrogen and oxygen atoms in total. The van der Waals surface area contributed by atoms with Crippen LogP contribution < -0.4 is 0 Å². The van der Waals surface area contributed by atoms with Crippen LogP contribution in [0.25, 0.3) is 0 Å². The van der Waals surface area contributed by atoms with E-state index in [1.807, 2.05) is 11.9 Å². The Bertz CT molecular complexity index is 873. The molecule has 1 saturated carbocycles. The van der Waals surface area contributed by atoms with Gasteiger partial charge in [0, 0.05) is 32.2 Å². The van der Waals surface area contributed by atoms with Gasteiger partial charge in [0.25, 0.3) is 0 Å². The second-order valence-electron chi connectivity index (χ2n) is 10.7. The Hall–Kier alpha value is -1.40. The Morgan fingerprint density at radius 3 is 2.00 bits per heavy atom. The SMILES string of the molecule is CC(C)CN1CCC2(CC1)CC1(CCN(S(=O)(=O)C3CC3)CC1)N(C)C2=O.O=C(O)C(F)(F)F. The monoisotopic (exact) mass is 511 g/mol. The molecule has 0 aromatic carbocycles. The van der Waals surface area contributed by atoms with Gasteiger partial charge in [0.1, 0.15) is 0 Å². The first-order chi connectivity index (χ1) is 15.6. The van der Waals surface area contributed by atoms with E-state index < -0.39 is 22.2 Å². The Labute approximate surface area is 199 Å². The number of sulfonamides is 1. The lowest BCUT2D eigenvalue weighted by atomic mass is 9.71. The molecule has 0 unspecified atom stereocenters. The number of carboxylic acids is 1. The van der Waals surface area contributed by atoms with Crippen molar-refractivity contribution in [3.05, 3.63) is 0 Å². The van der Waals surface area contributed by atoms with E-state index in [9.17, 15) is 26.4 Å². The molecule has 3 heterocycles. The maximum Gasteiger partial charge on any atom is 0.490 e. The number of carbonyl (C=O) groups is 2. The third-order valence-electron chi connectivity index (χ3n) is 7.77. The maximum atomic E-state index is 13.3. The number of halogens is 3. The quantitative estimate of drug-likeness (QED) is 0.623. The maximum absolute atomic E-state index is 13.3. The van der Waals surface area contributed by atoms with Crippen molar-refractivity contribution in [2.24, 2.45) is 11.3 Å². The molecule has 3 saturated heterocycles. The zero-order chi connectivity index (χ0) is 25.5. The standard InChI is InChI=1S/C20H35N3O3S.C2HF3O2/c1-16(2)14-22-10-6-19(7-11-22)15-20(21(3)18(19)24)8-12-23(13-9-20)27(25,26)17-4-5-17;3-2(4,5)1(6)7/h16-17H,4-15H2,1-3H3;(H,6,7). The normalized spacial score (nSPS) is 25.6. The molecule has 12 heteroatoms. The van der Waals surface area contributed by atoms with Crippen molar-refractivity contribution < 1.29 is 36.3 Å². The van der Waals surface area contributed by atoms with Crippen LogP contribution in [0.15, 0.2) is 0 Å². The summed E-state index contributed by atoms with van der Waals surface area (Å²) in [6.07, 6.45) is 0.958. The van der Waals surface area contributed by atoms with Crippen LogP contribution in [0.2, 0.25) is 0 Å². The lowest BCUT2D eigenvalue weighted by molar-refractivity contribution is -0.192. The summed E-state index contributed by atoms with van der Waals surface area (Å²) in [4.78, 5) is 26.7. The molecule has 4 aliphatic rings. The van der Waals surface area contributed by atoms with E-state index >= 15 is 0 Å². The van der Waals surface area contributed by atoms with Crippen molar-refractivity contribution in [1.82, 2.24) is 14.1 Å². The number of alkyl halides is 3. The highest BCUT2D eigenvalue weighted by molar-refractivity contribution is 7.90. The number of hydrogen-bond donors (Lipinski definition) is 1. The molecule has 0 atom stereocenters. The summed E-state index contributed by atoms with van der Waals surface area (Å²) < 4.78 is 58.5. The lowest BCUT2D eigenvalue weighted by Gasteiger charge is -2.43. The van der Waals surface area contributed by atoms with Gasteiger partial charge in [0.15, 0.2) is 0 Å². The lowest BCUT2D eigenvalue weighted by Crippen LogP contribution is -2.53. The van der Waals surface area contributed by atoms with Gasteiger partial charge in [0.05, 0.1) is 10.7 Å². The first-order valence-electron chi connectivity index (χ1n) is 11.9. The zero-order valence-electron chi connectivity index (χ0n) is 20.1. The highest BCUT2D eigenvalue weighted by Crippen LogP contribution is 2.52. The van der Waals surface area contributed by atoms with Gasteiger partial charge in [-0.05, 0) is 64.0 Å². The van der Waals surface area contributed by atoms with Crippen LogP contribution in [0, 0.1) is 11.3 Å². The van der Waals surface area contributed by atoms with Crippen LogP contribution >= 0.6 is 0 Å². The molecule has 196 valence electrons.